The van der Waals surface area contributed by atoms with Crippen LogP contribution in [-0.4, -0.2) is 88.8 Å². The van der Waals surface area contributed by atoms with Crippen molar-refractivity contribution in [2.75, 3.05) is 39.4 Å². The zero-order chi connectivity index (χ0) is 28.8. The first-order chi connectivity index (χ1) is 18.3. The van der Waals surface area contributed by atoms with E-state index in [9.17, 15) is 27.1 Å². The van der Waals surface area contributed by atoms with Gasteiger partial charge < -0.3 is 19.8 Å². The Labute approximate surface area is 230 Å². The van der Waals surface area contributed by atoms with Gasteiger partial charge in [-0.15, -0.1) is 0 Å². The Morgan fingerprint density at radius 2 is 1.92 bits per heavy atom. The van der Waals surface area contributed by atoms with Crippen molar-refractivity contribution >= 4 is 28.1 Å². The number of hydrogen-bond acceptors (Lipinski definition) is 8. The second-order valence-electron chi connectivity index (χ2n) is 9.92. The second-order valence-corrected chi connectivity index (χ2v) is 12.5. The summed E-state index contributed by atoms with van der Waals surface area (Å²) in [5.41, 5.74) is -0.424. The molecule has 1 aromatic heterocycles. The minimum atomic E-state index is -3.93. The summed E-state index contributed by atoms with van der Waals surface area (Å²) in [6, 6.07) is 5.47. The monoisotopic (exact) mass is 589 g/mol. The zero-order valence-electron chi connectivity index (χ0n) is 21.9. The molecule has 3 N–H and O–H groups in total. The number of nitrogens with zero attached hydrogens (tertiary/aromatic N) is 4. The van der Waals surface area contributed by atoms with Crippen molar-refractivity contribution < 1.29 is 36.9 Å². The number of benzene rings is 1. The average molecular weight is 590 g/mol. The number of piperazine rings is 1. The maximum Gasteiger partial charge on any atom is 0.407 e. The standard InChI is InChI=1S/C24H33F2N5O6S2/c1-16(13-32)14-37-20-11-18(27-22(28-20)38-15-17-5-4-6-19(25)21(17)26)12-24(2,3)29-39(35,36)31-9-7-30(8-10-31)23(33)34/h4-6,11,16,29,32H,7-10,12-15H2,1-3H3,(H,33,34)/t16-/m1/s1. The van der Waals surface area contributed by atoms with Gasteiger partial charge in [-0.2, -0.15) is 22.4 Å². The van der Waals surface area contributed by atoms with Crippen LogP contribution in [0.5, 0.6) is 5.88 Å². The number of aromatic nitrogens is 2. The van der Waals surface area contributed by atoms with Crippen LogP contribution in [0.1, 0.15) is 32.0 Å². The van der Waals surface area contributed by atoms with Crippen molar-refractivity contribution in [3.8, 4) is 5.88 Å². The van der Waals surface area contributed by atoms with E-state index in [1.165, 1.54) is 16.4 Å². The van der Waals surface area contributed by atoms with Gasteiger partial charge in [0, 0.05) is 68.0 Å². The molecule has 1 saturated heterocycles. The molecule has 216 valence electrons. The third kappa shape index (κ3) is 8.96. The van der Waals surface area contributed by atoms with Gasteiger partial charge in [0.1, 0.15) is 0 Å². The minimum Gasteiger partial charge on any atom is -0.477 e. The summed E-state index contributed by atoms with van der Waals surface area (Å²) in [7, 11) is -3.93. The molecule has 1 aliphatic heterocycles. The highest BCUT2D eigenvalue weighted by Crippen LogP contribution is 2.26. The molecule has 0 unspecified atom stereocenters. The molecule has 1 atom stereocenters. The van der Waals surface area contributed by atoms with Gasteiger partial charge >= 0.3 is 6.09 Å². The number of aliphatic hydroxyl groups excluding tert-OH is 1. The van der Waals surface area contributed by atoms with Crippen LogP contribution in [0.3, 0.4) is 0 Å². The number of aliphatic hydroxyl groups is 1. The topological polar surface area (TPSA) is 145 Å². The van der Waals surface area contributed by atoms with E-state index in [2.05, 4.69) is 14.7 Å². The average Bonchev–Trinajstić information content (AvgIpc) is 2.87. The van der Waals surface area contributed by atoms with Crippen molar-refractivity contribution in [2.45, 2.75) is 43.6 Å². The van der Waals surface area contributed by atoms with E-state index in [0.717, 1.165) is 22.7 Å². The number of halogens is 2. The Hall–Kier alpha value is -2.59. The van der Waals surface area contributed by atoms with Crippen LogP contribution in [-0.2, 0) is 22.4 Å². The Balaban J connectivity index is 1.76. The largest absolute Gasteiger partial charge is 0.477 e. The highest BCUT2D eigenvalue weighted by Gasteiger charge is 2.33. The fraction of sp³-hybridized carbons (Fsp3) is 0.542. The summed E-state index contributed by atoms with van der Waals surface area (Å²) in [5, 5.41) is 18.6. The number of hydrogen-bond donors (Lipinski definition) is 3. The molecule has 0 radical (unpaired) electrons. The highest BCUT2D eigenvalue weighted by molar-refractivity contribution is 7.98. The Morgan fingerprint density at radius 3 is 2.56 bits per heavy atom. The van der Waals surface area contributed by atoms with Crippen LogP contribution < -0.4 is 9.46 Å². The van der Waals surface area contributed by atoms with Crippen LogP contribution in [0.2, 0.25) is 0 Å². The number of amides is 1. The summed E-state index contributed by atoms with van der Waals surface area (Å²) < 4.78 is 63.4. The molecule has 39 heavy (non-hydrogen) atoms. The van der Waals surface area contributed by atoms with Crippen LogP contribution in [0.15, 0.2) is 29.4 Å². The minimum absolute atomic E-state index is 0.0314. The number of thioether (sulfide) groups is 1. The van der Waals surface area contributed by atoms with Gasteiger partial charge in [0.2, 0.25) is 5.88 Å². The number of rotatable bonds is 12. The lowest BCUT2D eigenvalue weighted by molar-refractivity contribution is 0.125. The van der Waals surface area contributed by atoms with Gasteiger partial charge in [0.05, 0.1) is 12.3 Å². The van der Waals surface area contributed by atoms with Gasteiger partial charge in [-0.25, -0.2) is 18.6 Å². The van der Waals surface area contributed by atoms with E-state index in [4.69, 9.17) is 9.84 Å². The van der Waals surface area contributed by atoms with Gasteiger partial charge in [0.15, 0.2) is 16.8 Å². The molecule has 1 fully saturated rings. The van der Waals surface area contributed by atoms with E-state index in [0.29, 0.717) is 5.69 Å². The molecule has 3 rings (SSSR count). The molecule has 0 bridgehead atoms. The van der Waals surface area contributed by atoms with Gasteiger partial charge in [-0.05, 0) is 19.9 Å². The quantitative estimate of drug-likeness (QED) is 0.251. The Bertz CT molecular complexity index is 1260. The third-order valence-corrected chi connectivity index (χ3v) is 8.58. The van der Waals surface area contributed by atoms with E-state index >= 15 is 0 Å². The number of ether oxygens (including phenoxy) is 1. The molecule has 1 amide bonds. The van der Waals surface area contributed by atoms with E-state index in [-0.39, 0.29) is 74.1 Å². The smallest absolute Gasteiger partial charge is 0.407 e. The SMILES string of the molecule is C[C@H](CO)COc1cc(CC(C)(C)NS(=O)(=O)N2CCN(C(=O)O)CC2)nc(SCc2cccc(F)c2F)n1. The predicted octanol–water partition coefficient (Wildman–Crippen LogP) is 2.51. The predicted molar refractivity (Wildman–Crippen MR) is 141 cm³/mol. The van der Waals surface area contributed by atoms with Gasteiger partial charge in [-0.3, -0.25) is 0 Å². The molecule has 15 heteroatoms. The summed E-state index contributed by atoms with van der Waals surface area (Å²) in [4.78, 5) is 21.1. The molecule has 0 saturated carbocycles. The van der Waals surface area contributed by atoms with Crippen molar-refractivity contribution in [3.63, 3.8) is 0 Å². The number of carboxylic acid groups (broad SMARTS) is 1. The summed E-state index contributed by atoms with van der Waals surface area (Å²) in [6.07, 6.45) is -0.957. The molecule has 2 heterocycles. The fourth-order valence-electron chi connectivity index (χ4n) is 3.78. The van der Waals surface area contributed by atoms with Crippen molar-refractivity contribution in [3.05, 3.63) is 47.2 Å². The van der Waals surface area contributed by atoms with Crippen molar-refractivity contribution in [1.29, 1.82) is 0 Å². The Morgan fingerprint density at radius 1 is 1.23 bits per heavy atom. The highest BCUT2D eigenvalue weighted by atomic mass is 32.2. The normalized spacial score (nSPS) is 15.8. The first kappa shape index (κ1) is 30.9. The second kappa shape index (κ2) is 13.2. The van der Waals surface area contributed by atoms with E-state index < -0.39 is 33.5 Å². The fourth-order valence-corrected chi connectivity index (χ4v) is 6.17. The van der Waals surface area contributed by atoms with Gasteiger partial charge in [0.25, 0.3) is 10.2 Å². The molecule has 11 nitrogen and oxygen atoms in total. The maximum atomic E-state index is 14.1. The van der Waals surface area contributed by atoms with E-state index in [1.54, 1.807) is 26.8 Å². The lowest BCUT2D eigenvalue weighted by Crippen LogP contribution is -2.57. The number of nitrogens with one attached hydrogen (secondary N) is 1. The van der Waals surface area contributed by atoms with Gasteiger partial charge in [-0.1, -0.05) is 30.8 Å². The first-order valence-electron chi connectivity index (χ1n) is 12.2. The summed E-state index contributed by atoms with van der Waals surface area (Å²) >= 11 is 1.07. The molecular weight excluding hydrogens is 556 g/mol. The maximum absolute atomic E-state index is 14.1. The Kier molecular flexibility index (Phi) is 10.5. The van der Waals surface area contributed by atoms with E-state index in [1.807, 2.05) is 0 Å². The lowest BCUT2D eigenvalue weighted by Gasteiger charge is -2.35. The van der Waals surface area contributed by atoms with Crippen LogP contribution in [0.25, 0.3) is 0 Å². The van der Waals surface area contributed by atoms with Crippen molar-refractivity contribution in [2.24, 2.45) is 5.92 Å². The molecule has 1 aliphatic rings. The van der Waals surface area contributed by atoms with Crippen LogP contribution in [0.4, 0.5) is 13.6 Å². The van der Waals surface area contributed by atoms with Crippen molar-refractivity contribution in [1.82, 2.24) is 23.9 Å². The number of carbonyl (C=O) groups is 1. The molecule has 2 aromatic rings. The summed E-state index contributed by atoms with van der Waals surface area (Å²) in [6.45, 7) is 5.45. The molecule has 0 spiro atoms. The first-order valence-corrected chi connectivity index (χ1v) is 14.7. The molecule has 0 aliphatic carbocycles. The summed E-state index contributed by atoms with van der Waals surface area (Å²) in [5.74, 6) is -1.81. The zero-order valence-corrected chi connectivity index (χ0v) is 23.6. The molecular formula is C24H33F2N5O6S2. The van der Waals surface area contributed by atoms with Crippen LogP contribution >= 0.6 is 11.8 Å². The third-order valence-electron chi connectivity index (χ3n) is 5.83. The lowest BCUT2D eigenvalue weighted by atomic mass is 10.00. The molecule has 1 aromatic carbocycles. The van der Waals surface area contributed by atoms with Crippen LogP contribution in [0, 0.1) is 17.6 Å².